The number of rotatable bonds is 2. The minimum absolute atomic E-state index is 0.251. The van der Waals surface area contributed by atoms with Crippen molar-refractivity contribution in [2.24, 2.45) is 0 Å². The van der Waals surface area contributed by atoms with Crippen molar-refractivity contribution in [2.75, 3.05) is 6.54 Å². The molecule has 94 valence electrons. The lowest BCUT2D eigenvalue weighted by molar-refractivity contribution is 0.0200. The van der Waals surface area contributed by atoms with Gasteiger partial charge < -0.3 is 4.52 Å². The molecule has 3 rings (SSSR count). The predicted octanol–water partition coefficient (Wildman–Crippen LogP) is 2.40. The molecule has 4 nitrogen and oxygen atoms in total. The fourth-order valence-corrected chi connectivity index (χ4v) is 2.63. The molecule has 2 aliphatic rings. The summed E-state index contributed by atoms with van der Waals surface area (Å²) in [5.74, 6) is -1.31. The largest absolute Gasteiger partial charge is 0.338 e. The van der Waals surface area contributed by atoms with E-state index in [1.165, 1.54) is 12.8 Å². The highest BCUT2D eigenvalue weighted by atomic mass is 19.3. The van der Waals surface area contributed by atoms with E-state index in [-0.39, 0.29) is 13.0 Å². The van der Waals surface area contributed by atoms with E-state index in [9.17, 15) is 8.78 Å². The highest BCUT2D eigenvalue weighted by Gasteiger charge is 2.42. The van der Waals surface area contributed by atoms with E-state index in [2.05, 4.69) is 15.5 Å². The maximum atomic E-state index is 13.0. The van der Waals surface area contributed by atoms with E-state index in [0.717, 1.165) is 12.8 Å². The van der Waals surface area contributed by atoms with Crippen molar-refractivity contribution in [2.45, 2.75) is 50.0 Å². The second-order valence-corrected chi connectivity index (χ2v) is 4.97. The quantitative estimate of drug-likeness (QED) is 0.866. The summed E-state index contributed by atoms with van der Waals surface area (Å²) in [6, 6.07) is -0.493. The van der Waals surface area contributed by atoms with Crippen LogP contribution in [0.25, 0.3) is 0 Å². The molecule has 0 bridgehead atoms. The van der Waals surface area contributed by atoms with E-state index >= 15 is 0 Å². The average Bonchev–Trinajstić information content (AvgIpc) is 2.93. The standard InChI is InChI=1S/C11H15F2N3O/c12-11(13)5-8(14-6-11)10-15-9(16-17-10)7-3-1-2-4-7/h7-8,14H,1-6H2/t8-/m1/s1. The number of aromatic nitrogens is 2. The van der Waals surface area contributed by atoms with Gasteiger partial charge in [0.1, 0.15) is 0 Å². The topological polar surface area (TPSA) is 51.0 Å². The van der Waals surface area contributed by atoms with Crippen molar-refractivity contribution in [1.82, 2.24) is 15.5 Å². The van der Waals surface area contributed by atoms with Crippen molar-refractivity contribution in [3.8, 4) is 0 Å². The monoisotopic (exact) mass is 243 g/mol. The summed E-state index contributed by atoms with van der Waals surface area (Å²) in [6.45, 7) is -0.307. The van der Waals surface area contributed by atoms with Gasteiger partial charge in [0, 0.05) is 12.3 Å². The van der Waals surface area contributed by atoms with Crippen LogP contribution in [0.3, 0.4) is 0 Å². The molecule has 6 heteroatoms. The maximum Gasteiger partial charge on any atom is 0.262 e. The Kier molecular flexibility index (Phi) is 2.61. The first-order chi connectivity index (χ1) is 8.14. The van der Waals surface area contributed by atoms with Gasteiger partial charge in [0.05, 0.1) is 12.6 Å². The lowest BCUT2D eigenvalue weighted by atomic mass is 10.1. The van der Waals surface area contributed by atoms with E-state index < -0.39 is 12.0 Å². The molecule has 1 aromatic rings. The molecule has 0 spiro atoms. The van der Waals surface area contributed by atoms with Gasteiger partial charge in [-0.3, -0.25) is 5.32 Å². The van der Waals surface area contributed by atoms with Crippen molar-refractivity contribution in [3.63, 3.8) is 0 Å². The van der Waals surface area contributed by atoms with E-state index in [1.807, 2.05) is 0 Å². The minimum atomic E-state index is -2.66. The second-order valence-electron chi connectivity index (χ2n) is 4.97. The molecule has 1 saturated heterocycles. The van der Waals surface area contributed by atoms with Crippen LogP contribution in [-0.2, 0) is 0 Å². The second kappa shape index (κ2) is 4.01. The lowest BCUT2D eigenvalue weighted by Crippen LogP contribution is -2.19. The maximum absolute atomic E-state index is 13.0. The van der Waals surface area contributed by atoms with Gasteiger partial charge in [-0.2, -0.15) is 4.98 Å². The molecule has 1 aliphatic heterocycles. The molecule has 1 aromatic heterocycles. The third-order valence-electron chi connectivity index (χ3n) is 3.59. The number of alkyl halides is 2. The van der Waals surface area contributed by atoms with Gasteiger partial charge in [0.15, 0.2) is 5.82 Å². The van der Waals surface area contributed by atoms with Gasteiger partial charge >= 0.3 is 0 Å². The molecule has 0 aromatic carbocycles. The third-order valence-corrected chi connectivity index (χ3v) is 3.59. The van der Waals surface area contributed by atoms with Crippen LogP contribution in [-0.4, -0.2) is 22.6 Å². The summed E-state index contributed by atoms with van der Waals surface area (Å²) >= 11 is 0. The smallest absolute Gasteiger partial charge is 0.262 e. The van der Waals surface area contributed by atoms with Crippen molar-refractivity contribution in [3.05, 3.63) is 11.7 Å². The Morgan fingerprint density at radius 2 is 2.06 bits per heavy atom. The zero-order valence-electron chi connectivity index (χ0n) is 9.46. The number of halogens is 2. The number of nitrogens with one attached hydrogen (secondary N) is 1. The fraction of sp³-hybridized carbons (Fsp3) is 0.818. The Morgan fingerprint density at radius 3 is 2.71 bits per heavy atom. The van der Waals surface area contributed by atoms with E-state index in [0.29, 0.717) is 17.6 Å². The number of hydrogen-bond donors (Lipinski definition) is 1. The van der Waals surface area contributed by atoms with Gasteiger partial charge in [-0.1, -0.05) is 18.0 Å². The molecule has 1 N–H and O–H groups in total. The van der Waals surface area contributed by atoms with Crippen LogP contribution in [0.15, 0.2) is 4.52 Å². The van der Waals surface area contributed by atoms with Gasteiger partial charge in [0.25, 0.3) is 5.92 Å². The molecular weight excluding hydrogens is 228 g/mol. The summed E-state index contributed by atoms with van der Waals surface area (Å²) in [7, 11) is 0. The van der Waals surface area contributed by atoms with Gasteiger partial charge in [0.2, 0.25) is 5.89 Å². The van der Waals surface area contributed by atoms with Crippen LogP contribution in [0.4, 0.5) is 8.78 Å². The Labute approximate surface area is 97.8 Å². The summed E-state index contributed by atoms with van der Waals surface area (Å²) in [6.07, 6.45) is 4.28. The van der Waals surface area contributed by atoms with Crippen molar-refractivity contribution in [1.29, 1.82) is 0 Å². The van der Waals surface area contributed by atoms with E-state index in [1.54, 1.807) is 0 Å². The highest BCUT2D eigenvalue weighted by Crippen LogP contribution is 2.36. The Bertz CT molecular complexity index is 401. The highest BCUT2D eigenvalue weighted by molar-refractivity contribution is 5.03. The molecule has 0 radical (unpaired) electrons. The summed E-state index contributed by atoms with van der Waals surface area (Å²) in [5, 5.41) is 6.64. The minimum Gasteiger partial charge on any atom is -0.338 e. The van der Waals surface area contributed by atoms with Gasteiger partial charge in [-0.15, -0.1) is 0 Å². The Balaban J connectivity index is 1.72. The molecule has 1 atom stereocenters. The summed E-state index contributed by atoms with van der Waals surface area (Å²) in [4.78, 5) is 4.27. The lowest BCUT2D eigenvalue weighted by Gasteiger charge is -2.04. The molecule has 0 amide bonds. The van der Waals surface area contributed by atoms with Crippen LogP contribution in [0, 0.1) is 0 Å². The van der Waals surface area contributed by atoms with Crippen LogP contribution < -0.4 is 5.32 Å². The van der Waals surface area contributed by atoms with Gasteiger partial charge in [-0.25, -0.2) is 8.78 Å². The Morgan fingerprint density at radius 1 is 1.29 bits per heavy atom. The molecule has 0 unspecified atom stereocenters. The van der Waals surface area contributed by atoms with Gasteiger partial charge in [-0.05, 0) is 12.8 Å². The first kappa shape index (κ1) is 11.1. The molecule has 1 saturated carbocycles. The molecule has 1 aliphatic carbocycles. The van der Waals surface area contributed by atoms with Crippen LogP contribution in [0.2, 0.25) is 0 Å². The van der Waals surface area contributed by atoms with Crippen LogP contribution >= 0.6 is 0 Å². The molecule has 2 fully saturated rings. The normalized spacial score (nSPS) is 28.9. The molecule has 2 heterocycles. The number of nitrogens with zero attached hydrogens (tertiary/aromatic N) is 2. The summed E-state index contributed by atoms with van der Waals surface area (Å²) in [5.41, 5.74) is 0. The third kappa shape index (κ3) is 2.18. The molecule has 17 heavy (non-hydrogen) atoms. The zero-order chi connectivity index (χ0) is 11.9. The zero-order valence-corrected chi connectivity index (χ0v) is 9.46. The Hall–Kier alpha value is -1.04. The van der Waals surface area contributed by atoms with Crippen molar-refractivity contribution >= 4 is 0 Å². The van der Waals surface area contributed by atoms with E-state index in [4.69, 9.17) is 4.52 Å². The summed E-state index contributed by atoms with van der Waals surface area (Å²) < 4.78 is 31.2. The first-order valence-corrected chi connectivity index (χ1v) is 6.09. The predicted molar refractivity (Wildman–Crippen MR) is 55.8 cm³/mol. The fourth-order valence-electron chi connectivity index (χ4n) is 2.63. The number of hydrogen-bond acceptors (Lipinski definition) is 4. The van der Waals surface area contributed by atoms with Crippen molar-refractivity contribution < 1.29 is 13.3 Å². The first-order valence-electron chi connectivity index (χ1n) is 6.09. The average molecular weight is 243 g/mol. The van der Waals surface area contributed by atoms with Crippen LogP contribution in [0.1, 0.15) is 55.8 Å². The molecular formula is C11H15F2N3O. The SMILES string of the molecule is FC1(F)CN[C@@H](c2nc(C3CCCC3)no2)C1. The van der Waals surface area contributed by atoms with Crippen LogP contribution in [0.5, 0.6) is 0 Å².